The van der Waals surface area contributed by atoms with Gasteiger partial charge in [0.2, 0.25) is 0 Å². The molecule has 0 aliphatic carbocycles. The van der Waals surface area contributed by atoms with E-state index in [4.69, 9.17) is 16.3 Å². The van der Waals surface area contributed by atoms with Crippen molar-refractivity contribution in [3.8, 4) is 0 Å². The molecule has 7 heteroatoms. The van der Waals surface area contributed by atoms with Crippen molar-refractivity contribution in [2.24, 2.45) is 0 Å². The van der Waals surface area contributed by atoms with Gasteiger partial charge in [0, 0.05) is 11.1 Å². The second-order valence-corrected chi connectivity index (χ2v) is 7.24. The molecule has 0 fully saturated rings. The number of nitrogens with zero attached hydrogens (tertiary/aromatic N) is 1. The Morgan fingerprint density at radius 1 is 1.22 bits per heavy atom. The van der Waals surface area contributed by atoms with Crippen molar-refractivity contribution in [1.82, 2.24) is 10.3 Å². The first kappa shape index (κ1) is 19.1. The molecule has 27 heavy (non-hydrogen) atoms. The van der Waals surface area contributed by atoms with Gasteiger partial charge in [-0.2, -0.15) is 0 Å². The first-order valence-electron chi connectivity index (χ1n) is 8.27. The lowest BCUT2D eigenvalue weighted by atomic mass is 10.1. The molecule has 1 aromatic heterocycles. The second kappa shape index (κ2) is 8.79. The fourth-order valence-electron chi connectivity index (χ4n) is 2.47. The first-order valence-corrected chi connectivity index (χ1v) is 9.46. The summed E-state index contributed by atoms with van der Waals surface area (Å²) in [5.74, 6) is -1.00. The summed E-state index contributed by atoms with van der Waals surface area (Å²) >= 11 is 7.58. The Hall–Kier alpha value is -2.70. The molecule has 0 radical (unpaired) electrons. The van der Waals surface area contributed by atoms with Crippen LogP contribution < -0.4 is 5.32 Å². The van der Waals surface area contributed by atoms with Crippen molar-refractivity contribution in [1.29, 1.82) is 0 Å². The van der Waals surface area contributed by atoms with Crippen LogP contribution in [-0.4, -0.2) is 23.5 Å². The first-order chi connectivity index (χ1) is 13.0. The maximum absolute atomic E-state index is 12.0. The zero-order chi connectivity index (χ0) is 19.2. The molecule has 0 bridgehead atoms. The average molecular weight is 401 g/mol. The minimum absolute atomic E-state index is 0.289. The third-order valence-electron chi connectivity index (χ3n) is 3.77. The summed E-state index contributed by atoms with van der Waals surface area (Å²) in [5, 5.41) is 4.02. The molecule has 0 spiro atoms. The number of para-hydroxylation sites is 1. The van der Waals surface area contributed by atoms with Crippen LogP contribution >= 0.6 is 22.9 Å². The van der Waals surface area contributed by atoms with Gasteiger partial charge in [-0.3, -0.25) is 4.79 Å². The number of thiazole rings is 1. The van der Waals surface area contributed by atoms with Gasteiger partial charge < -0.3 is 10.1 Å². The number of hydrogen-bond donors (Lipinski definition) is 1. The van der Waals surface area contributed by atoms with Crippen LogP contribution in [0.15, 0.2) is 54.6 Å². The maximum atomic E-state index is 12.0. The Morgan fingerprint density at radius 3 is 2.74 bits per heavy atom. The molecular formula is C20H17ClN2O3S. The maximum Gasteiger partial charge on any atom is 0.331 e. The second-order valence-electron chi connectivity index (χ2n) is 5.77. The van der Waals surface area contributed by atoms with Crippen molar-refractivity contribution >= 4 is 51.1 Å². The molecule has 0 saturated carbocycles. The topological polar surface area (TPSA) is 68.3 Å². The largest absolute Gasteiger partial charge is 0.452 e. The number of esters is 1. The van der Waals surface area contributed by atoms with Crippen molar-refractivity contribution in [3.05, 3.63) is 70.2 Å². The summed E-state index contributed by atoms with van der Waals surface area (Å²) in [6.45, 7) is 1.45. The molecule has 138 valence electrons. The van der Waals surface area contributed by atoms with Gasteiger partial charge in [-0.25, -0.2) is 9.78 Å². The highest BCUT2D eigenvalue weighted by molar-refractivity contribution is 7.19. The molecule has 1 heterocycles. The summed E-state index contributed by atoms with van der Waals surface area (Å²) in [7, 11) is 0. The molecule has 5 nitrogen and oxygen atoms in total. The predicted octanol–water partition coefficient (Wildman–Crippen LogP) is 4.38. The number of ether oxygens (including phenoxy) is 1. The van der Waals surface area contributed by atoms with E-state index in [-0.39, 0.29) is 12.6 Å². The van der Waals surface area contributed by atoms with Gasteiger partial charge in [0.1, 0.15) is 5.01 Å². The monoisotopic (exact) mass is 400 g/mol. The van der Waals surface area contributed by atoms with E-state index in [1.165, 1.54) is 17.4 Å². The van der Waals surface area contributed by atoms with Gasteiger partial charge in [-0.1, -0.05) is 41.9 Å². The van der Waals surface area contributed by atoms with Crippen molar-refractivity contribution in [2.75, 3.05) is 6.61 Å². The van der Waals surface area contributed by atoms with Gasteiger partial charge in [0.25, 0.3) is 5.91 Å². The van der Waals surface area contributed by atoms with E-state index in [1.807, 2.05) is 49.4 Å². The minimum atomic E-state index is -0.602. The van der Waals surface area contributed by atoms with Crippen LogP contribution in [0.25, 0.3) is 16.3 Å². The number of carbonyl (C=O) groups excluding carboxylic acids is 2. The van der Waals surface area contributed by atoms with E-state index >= 15 is 0 Å². The fourth-order valence-corrected chi connectivity index (χ4v) is 3.64. The number of aromatic nitrogens is 1. The van der Waals surface area contributed by atoms with Crippen LogP contribution in [0.3, 0.4) is 0 Å². The molecule has 3 rings (SSSR count). The zero-order valence-corrected chi connectivity index (χ0v) is 16.1. The quantitative estimate of drug-likeness (QED) is 0.492. The summed E-state index contributed by atoms with van der Waals surface area (Å²) in [4.78, 5) is 28.2. The number of amides is 1. The van der Waals surface area contributed by atoms with E-state index in [0.29, 0.717) is 10.0 Å². The van der Waals surface area contributed by atoms with E-state index in [9.17, 15) is 9.59 Å². The third-order valence-corrected chi connectivity index (χ3v) is 5.11. The lowest BCUT2D eigenvalue weighted by Crippen LogP contribution is -2.31. The molecule has 0 aliphatic heterocycles. The Morgan fingerprint density at radius 2 is 1.96 bits per heavy atom. The summed E-state index contributed by atoms with van der Waals surface area (Å²) < 4.78 is 6.01. The van der Waals surface area contributed by atoms with Gasteiger partial charge in [-0.05, 0) is 36.8 Å². The van der Waals surface area contributed by atoms with Crippen molar-refractivity contribution in [3.63, 3.8) is 0 Å². The number of nitrogens with one attached hydrogen (secondary N) is 1. The van der Waals surface area contributed by atoms with Gasteiger partial charge in [0.15, 0.2) is 6.61 Å². The van der Waals surface area contributed by atoms with E-state index < -0.39 is 11.9 Å². The van der Waals surface area contributed by atoms with Crippen molar-refractivity contribution < 1.29 is 14.3 Å². The molecule has 0 unspecified atom stereocenters. The molecule has 0 aliphatic rings. The smallest absolute Gasteiger partial charge is 0.331 e. The third kappa shape index (κ3) is 5.15. The molecule has 1 amide bonds. The van der Waals surface area contributed by atoms with Crippen LogP contribution in [0.4, 0.5) is 0 Å². The summed E-state index contributed by atoms with van der Waals surface area (Å²) in [6, 6.07) is 14.7. The molecular weight excluding hydrogens is 384 g/mol. The SMILES string of the molecule is C[C@@H](NC(=O)COC(=O)/C=C/c1nc2ccccc2s1)c1ccccc1Cl. The summed E-state index contributed by atoms with van der Waals surface area (Å²) in [6.07, 6.45) is 2.85. The lowest BCUT2D eigenvalue weighted by Gasteiger charge is -2.15. The number of benzene rings is 2. The number of hydrogen-bond acceptors (Lipinski definition) is 5. The normalized spacial score (nSPS) is 12.2. The highest BCUT2D eigenvalue weighted by Gasteiger charge is 2.13. The average Bonchev–Trinajstić information content (AvgIpc) is 3.08. The highest BCUT2D eigenvalue weighted by atomic mass is 35.5. The van der Waals surface area contributed by atoms with Crippen molar-refractivity contribution in [2.45, 2.75) is 13.0 Å². The molecule has 2 aromatic carbocycles. The van der Waals surface area contributed by atoms with Crippen LogP contribution in [0.5, 0.6) is 0 Å². The number of rotatable bonds is 6. The minimum Gasteiger partial charge on any atom is -0.452 e. The van der Waals surface area contributed by atoms with Gasteiger partial charge in [0.05, 0.1) is 16.3 Å². The van der Waals surface area contributed by atoms with Crippen LogP contribution in [-0.2, 0) is 14.3 Å². The van der Waals surface area contributed by atoms with Crippen LogP contribution in [0.1, 0.15) is 23.5 Å². The van der Waals surface area contributed by atoms with E-state index in [1.54, 1.807) is 12.1 Å². The van der Waals surface area contributed by atoms with Gasteiger partial charge in [-0.15, -0.1) is 11.3 Å². The predicted molar refractivity (Wildman–Crippen MR) is 108 cm³/mol. The number of fused-ring (bicyclic) bond motifs is 1. The number of halogens is 1. The van der Waals surface area contributed by atoms with Crippen LogP contribution in [0, 0.1) is 0 Å². The zero-order valence-electron chi connectivity index (χ0n) is 14.5. The standard InChI is InChI=1S/C20H17ClN2O3S/c1-13(14-6-2-3-7-15(14)21)22-18(24)12-26-20(25)11-10-19-23-16-8-4-5-9-17(16)27-19/h2-11,13H,12H2,1H3,(H,22,24)/b11-10+/t13-/m1/s1. The van der Waals surface area contributed by atoms with Gasteiger partial charge >= 0.3 is 5.97 Å². The van der Waals surface area contributed by atoms with Crippen LogP contribution in [0.2, 0.25) is 5.02 Å². The number of carbonyl (C=O) groups is 2. The Kier molecular flexibility index (Phi) is 6.21. The molecule has 1 N–H and O–H groups in total. The fraction of sp³-hybridized carbons (Fsp3) is 0.150. The lowest BCUT2D eigenvalue weighted by molar-refractivity contribution is -0.144. The van der Waals surface area contributed by atoms with E-state index in [2.05, 4.69) is 10.3 Å². The Bertz CT molecular complexity index is 967. The summed E-state index contributed by atoms with van der Waals surface area (Å²) in [5.41, 5.74) is 1.68. The molecule has 3 aromatic rings. The Labute approximate surface area is 165 Å². The molecule has 0 saturated heterocycles. The Balaban J connectivity index is 1.49. The molecule has 1 atom stereocenters. The van der Waals surface area contributed by atoms with E-state index in [0.717, 1.165) is 15.8 Å². The highest BCUT2D eigenvalue weighted by Crippen LogP contribution is 2.23.